The van der Waals surface area contributed by atoms with Crippen molar-refractivity contribution in [2.45, 2.75) is 122 Å². The van der Waals surface area contributed by atoms with Crippen molar-refractivity contribution in [2.24, 2.45) is 34.5 Å². The fourth-order valence-electron chi connectivity index (χ4n) is 8.40. The van der Waals surface area contributed by atoms with Gasteiger partial charge in [-0.2, -0.15) is 12.6 Å². The van der Waals surface area contributed by atoms with Crippen LogP contribution in [0.25, 0.3) is 0 Å². The topological polar surface area (TPSA) is 0 Å². The van der Waals surface area contributed by atoms with E-state index in [0.29, 0.717) is 16.1 Å². The Labute approximate surface area is 181 Å². The van der Waals surface area contributed by atoms with Crippen molar-refractivity contribution in [3.05, 3.63) is 11.6 Å². The van der Waals surface area contributed by atoms with E-state index in [1.54, 1.807) is 5.57 Å². The second kappa shape index (κ2) is 8.68. The van der Waals surface area contributed by atoms with Gasteiger partial charge in [0.25, 0.3) is 0 Å². The van der Waals surface area contributed by atoms with E-state index in [0.717, 1.165) is 23.7 Å². The third-order valence-corrected chi connectivity index (χ3v) is 10.6. The molecular formula is C27H46S. The molecule has 7 atom stereocenters. The van der Waals surface area contributed by atoms with E-state index in [1.165, 1.54) is 96.3 Å². The minimum absolute atomic E-state index is 0.515. The summed E-state index contributed by atoms with van der Waals surface area (Å²) in [7, 11) is 0. The number of unbranched alkanes of at least 4 members (excludes halogenated alkanes) is 5. The fraction of sp³-hybridized carbons (Fsp3) is 0.926. The van der Waals surface area contributed by atoms with E-state index in [9.17, 15) is 0 Å². The second-order valence-corrected chi connectivity index (χ2v) is 12.3. The van der Waals surface area contributed by atoms with Crippen molar-refractivity contribution in [2.75, 3.05) is 0 Å². The normalized spacial score (nSPS) is 45.1. The van der Waals surface area contributed by atoms with Gasteiger partial charge in [0.15, 0.2) is 0 Å². The minimum atomic E-state index is 0.515. The third kappa shape index (κ3) is 3.76. The molecule has 0 aliphatic heterocycles. The summed E-state index contributed by atoms with van der Waals surface area (Å²) in [4.78, 5) is 0. The zero-order valence-corrected chi connectivity index (χ0v) is 19.9. The van der Waals surface area contributed by atoms with E-state index in [4.69, 9.17) is 12.6 Å². The van der Waals surface area contributed by atoms with Crippen molar-refractivity contribution in [3.63, 3.8) is 0 Å². The molecule has 0 aromatic heterocycles. The van der Waals surface area contributed by atoms with Gasteiger partial charge in [0.05, 0.1) is 0 Å². The molecule has 3 saturated carbocycles. The monoisotopic (exact) mass is 402 g/mol. The highest BCUT2D eigenvalue weighted by molar-refractivity contribution is 7.80. The molecule has 0 radical (unpaired) electrons. The molecule has 1 heteroatoms. The van der Waals surface area contributed by atoms with Crippen LogP contribution in [-0.2, 0) is 0 Å². The summed E-state index contributed by atoms with van der Waals surface area (Å²) in [5, 5.41) is 0.623. The lowest BCUT2D eigenvalue weighted by atomic mass is 9.47. The minimum Gasteiger partial charge on any atom is -0.176 e. The molecule has 0 N–H and O–H groups in total. The van der Waals surface area contributed by atoms with Gasteiger partial charge in [0.1, 0.15) is 0 Å². The summed E-state index contributed by atoms with van der Waals surface area (Å²) in [6, 6.07) is 0. The molecule has 0 aromatic carbocycles. The Balaban J connectivity index is 1.39. The summed E-state index contributed by atoms with van der Waals surface area (Å²) in [6.07, 6.45) is 24.5. The quantitative estimate of drug-likeness (QED) is 0.246. The van der Waals surface area contributed by atoms with Gasteiger partial charge < -0.3 is 0 Å². The van der Waals surface area contributed by atoms with E-state index in [1.807, 2.05) is 0 Å². The molecule has 160 valence electrons. The van der Waals surface area contributed by atoms with Crippen LogP contribution in [0.15, 0.2) is 11.6 Å². The Hall–Kier alpha value is 0.0900. The van der Waals surface area contributed by atoms with Crippen LogP contribution in [0.5, 0.6) is 0 Å². The van der Waals surface area contributed by atoms with Crippen LogP contribution in [-0.4, -0.2) is 5.25 Å². The Morgan fingerprint density at radius 2 is 1.71 bits per heavy atom. The lowest BCUT2D eigenvalue weighted by molar-refractivity contribution is -0.0421. The first-order valence-corrected chi connectivity index (χ1v) is 13.4. The van der Waals surface area contributed by atoms with Crippen LogP contribution in [0.3, 0.4) is 0 Å². The first kappa shape index (κ1) is 21.3. The van der Waals surface area contributed by atoms with Crippen LogP contribution in [0.4, 0.5) is 0 Å². The van der Waals surface area contributed by atoms with E-state index in [2.05, 4.69) is 26.8 Å². The predicted molar refractivity (Wildman–Crippen MR) is 126 cm³/mol. The highest BCUT2D eigenvalue weighted by atomic mass is 32.1. The fourth-order valence-corrected chi connectivity index (χ4v) is 8.72. The van der Waals surface area contributed by atoms with Gasteiger partial charge in [-0.25, -0.2) is 0 Å². The summed E-state index contributed by atoms with van der Waals surface area (Å²) >= 11 is 4.84. The molecule has 4 aliphatic carbocycles. The van der Waals surface area contributed by atoms with Gasteiger partial charge in [-0.3, -0.25) is 0 Å². The van der Waals surface area contributed by atoms with Crippen molar-refractivity contribution < 1.29 is 0 Å². The summed E-state index contributed by atoms with van der Waals surface area (Å²) in [5.74, 6) is 3.99. The van der Waals surface area contributed by atoms with E-state index in [-0.39, 0.29) is 0 Å². The summed E-state index contributed by atoms with van der Waals surface area (Å²) in [5.41, 5.74) is 2.97. The van der Waals surface area contributed by atoms with Crippen LogP contribution >= 0.6 is 12.6 Å². The molecule has 28 heavy (non-hydrogen) atoms. The second-order valence-electron chi connectivity index (χ2n) is 11.5. The SMILES string of the molecule is CCCCCCCC[C@@H]1CC[C@@H]2[C@H]3CC=C4C[C@H](S)CC[C@]4(C)[C@@H]3CC[C@@]12C. The maximum atomic E-state index is 4.84. The number of hydrogen-bond donors (Lipinski definition) is 1. The molecule has 0 spiro atoms. The van der Waals surface area contributed by atoms with E-state index < -0.39 is 0 Å². The van der Waals surface area contributed by atoms with Crippen LogP contribution < -0.4 is 0 Å². The van der Waals surface area contributed by atoms with Crippen molar-refractivity contribution in [1.29, 1.82) is 0 Å². The maximum absolute atomic E-state index is 4.84. The maximum Gasteiger partial charge on any atom is 0.00545 e. The first-order chi connectivity index (χ1) is 13.5. The van der Waals surface area contributed by atoms with Gasteiger partial charge in [-0.1, -0.05) is 70.9 Å². The highest BCUT2D eigenvalue weighted by Crippen LogP contribution is 2.66. The Bertz CT molecular complexity index is 565. The lowest BCUT2D eigenvalue weighted by Gasteiger charge is -2.58. The number of allylic oxidation sites excluding steroid dienone is 2. The Morgan fingerprint density at radius 3 is 2.54 bits per heavy atom. The number of hydrogen-bond acceptors (Lipinski definition) is 1. The number of rotatable bonds is 7. The molecule has 0 unspecified atom stereocenters. The highest BCUT2D eigenvalue weighted by Gasteiger charge is 2.58. The predicted octanol–water partition coefficient (Wildman–Crippen LogP) is 8.61. The molecule has 0 aromatic rings. The Morgan fingerprint density at radius 1 is 0.929 bits per heavy atom. The van der Waals surface area contributed by atoms with Crippen molar-refractivity contribution >= 4 is 12.6 Å². The largest absolute Gasteiger partial charge is 0.176 e. The van der Waals surface area contributed by atoms with Crippen molar-refractivity contribution in [1.82, 2.24) is 0 Å². The molecule has 4 aliphatic rings. The zero-order chi connectivity index (χ0) is 19.8. The van der Waals surface area contributed by atoms with Crippen LogP contribution in [0.1, 0.15) is 117 Å². The van der Waals surface area contributed by atoms with E-state index >= 15 is 0 Å². The zero-order valence-electron chi connectivity index (χ0n) is 19.0. The van der Waals surface area contributed by atoms with Gasteiger partial charge >= 0.3 is 0 Å². The summed E-state index contributed by atoms with van der Waals surface area (Å²) < 4.78 is 0. The lowest BCUT2D eigenvalue weighted by Crippen LogP contribution is -2.50. The first-order valence-electron chi connectivity index (χ1n) is 12.9. The van der Waals surface area contributed by atoms with Gasteiger partial charge in [-0.05, 0) is 92.3 Å². The molecule has 0 heterocycles. The molecule has 3 fully saturated rings. The van der Waals surface area contributed by atoms with Gasteiger partial charge in [0, 0.05) is 5.25 Å². The standard InChI is InChI=1S/C27H46S/c1-4-5-6-7-8-9-10-20-12-14-24-23-13-11-21-19-22(28)15-17-27(21,3)25(23)16-18-26(20,24)2/h11,20,22-25,28H,4-10,12-19H2,1-3H3/t20-,22-,23-,24-,25-,26+,27+/m1/s1. The molecule has 0 saturated heterocycles. The Kier molecular flexibility index (Phi) is 6.61. The summed E-state index contributed by atoms with van der Waals surface area (Å²) in [6.45, 7) is 7.68. The molecule has 0 nitrogen and oxygen atoms in total. The average Bonchev–Trinajstić information content (AvgIpc) is 3.01. The molecule has 0 amide bonds. The van der Waals surface area contributed by atoms with Crippen LogP contribution in [0, 0.1) is 34.5 Å². The van der Waals surface area contributed by atoms with Gasteiger partial charge in [0.2, 0.25) is 0 Å². The number of thiol groups is 1. The molecular weight excluding hydrogens is 356 g/mol. The molecule has 0 bridgehead atoms. The average molecular weight is 403 g/mol. The smallest absolute Gasteiger partial charge is 0.00545 e. The number of fused-ring (bicyclic) bond motifs is 5. The molecule has 4 rings (SSSR count). The third-order valence-electron chi connectivity index (χ3n) is 10.2. The van der Waals surface area contributed by atoms with Crippen molar-refractivity contribution in [3.8, 4) is 0 Å². The van der Waals surface area contributed by atoms with Crippen LogP contribution in [0.2, 0.25) is 0 Å². The van der Waals surface area contributed by atoms with Gasteiger partial charge in [-0.15, -0.1) is 0 Å².